The van der Waals surface area contributed by atoms with Gasteiger partial charge in [0.2, 0.25) is 0 Å². The number of halogens is 2. The molecule has 0 saturated heterocycles. The first kappa shape index (κ1) is 14.1. The molecule has 0 aliphatic carbocycles. The van der Waals surface area contributed by atoms with Gasteiger partial charge in [-0.2, -0.15) is 0 Å². The molecule has 0 aliphatic heterocycles. The lowest BCUT2D eigenvalue weighted by molar-refractivity contribution is 0.527. The third-order valence-electron chi connectivity index (χ3n) is 2.51. The molecule has 0 aromatic heterocycles. The lowest BCUT2D eigenvalue weighted by Crippen LogP contribution is -2.16. The Morgan fingerprint density at radius 3 is 2.50 bits per heavy atom. The molecule has 0 aliphatic rings. The summed E-state index contributed by atoms with van der Waals surface area (Å²) < 4.78 is 1.18. The molecule has 1 N–H and O–H groups in total. The number of benzene rings is 1. The van der Waals surface area contributed by atoms with E-state index in [0.717, 1.165) is 10.9 Å². The van der Waals surface area contributed by atoms with Crippen molar-refractivity contribution in [1.29, 1.82) is 0 Å². The van der Waals surface area contributed by atoms with Crippen molar-refractivity contribution in [3.05, 3.63) is 26.8 Å². The van der Waals surface area contributed by atoms with Gasteiger partial charge in [0.1, 0.15) is 0 Å². The van der Waals surface area contributed by atoms with E-state index in [1.807, 2.05) is 12.1 Å². The fraction of sp³-hybridized carbons (Fsp3) is 0.538. The first-order chi connectivity index (χ1) is 7.49. The van der Waals surface area contributed by atoms with Crippen LogP contribution < -0.4 is 5.32 Å². The number of hydrogen-bond donors (Lipinski definition) is 1. The van der Waals surface area contributed by atoms with Crippen LogP contribution in [0, 0.1) is 9.49 Å². The second-order valence-corrected chi connectivity index (χ2v) is 6.24. The van der Waals surface area contributed by atoms with Crippen LogP contribution in [0.15, 0.2) is 18.2 Å². The quantitative estimate of drug-likeness (QED) is 0.721. The van der Waals surface area contributed by atoms with Crippen molar-refractivity contribution in [3.63, 3.8) is 0 Å². The summed E-state index contributed by atoms with van der Waals surface area (Å²) in [5.74, 6) is 0.772. The van der Waals surface area contributed by atoms with Crippen LogP contribution in [0.2, 0.25) is 5.02 Å². The van der Waals surface area contributed by atoms with Gasteiger partial charge in [-0.3, -0.25) is 0 Å². The monoisotopic (exact) mass is 351 g/mol. The topological polar surface area (TPSA) is 12.0 Å². The molecular weight excluding hydrogens is 333 g/mol. The number of anilines is 1. The lowest BCUT2D eigenvalue weighted by atomic mass is 10.0. The first-order valence-corrected chi connectivity index (χ1v) is 7.16. The SMILES string of the molecule is CC(C)CCC(C)Nc1ccc(Cl)cc1I. The predicted molar refractivity (Wildman–Crippen MR) is 81.3 cm³/mol. The van der Waals surface area contributed by atoms with Gasteiger partial charge < -0.3 is 5.32 Å². The summed E-state index contributed by atoms with van der Waals surface area (Å²) in [6.07, 6.45) is 2.47. The minimum absolute atomic E-state index is 0.511. The van der Waals surface area contributed by atoms with E-state index < -0.39 is 0 Å². The fourth-order valence-electron chi connectivity index (χ4n) is 1.53. The lowest BCUT2D eigenvalue weighted by Gasteiger charge is -2.17. The molecule has 1 unspecified atom stereocenters. The van der Waals surface area contributed by atoms with Gasteiger partial charge in [-0.1, -0.05) is 25.4 Å². The summed E-state index contributed by atoms with van der Waals surface area (Å²) >= 11 is 8.24. The Balaban J connectivity index is 2.52. The molecule has 0 heterocycles. The first-order valence-electron chi connectivity index (χ1n) is 5.70. The highest BCUT2D eigenvalue weighted by molar-refractivity contribution is 14.1. The van der Waals surface area contributed by atoms with E-state index >= 15 is 0 Å². The summed E-state index contributed by atoms with van der Waals surface area (Å²) in [5, 5.41) is 4.32. The molecule has 0 spiro atoms. The Labute approximate surface area is 117 Å². The van der Waals surface area contributed by atoms with E-state index in [9.17, 15) is 0 Å². The average Bonchev–Trinajstić information content (AvgIpc) is 2.19. The highest BCUT2D eigenvalue weighted by atomic mass is 127. The van der Waals surface area contributed by atoms with Gasteiger partial charge in [0.25, 0.3) is 0 Å². The van der Waals surface area contributed by atoms with E-state index in [4.69, 9.17) is 11.6 Å². The molecule has 0 bridgehead atoms. The minimum Gasteiger partial charge on any atom is -0.382 e. The van der Waals surface area contributed by atoms with Crippen LogP contribution in [0.4, 0.5) is 5.69 Å². The fourth-order valence-corrected chi connectivity index (χ4v) is 2.55. The van der Waals surface area contributed by atoms with E-state index in [1.54, 1.807) is 0 Å². The Kier molecular flexibility index (Phi) is 5.90. The maximum atomic E-state index is 5.92. The summed E-state index contributed by atoms with van der Waals surface area (Å²) in [7, 11) is 0. The summed E-state index contributed by atoms with van der Waals surface area (Å²) in [4.78, 5) is 0. The second kappa shape index (κ2) is 6.70. The molecule has 0 radical (unpaired) electrons. The highest BCUT2D eigenvalue weighted by Gasteiger charge is 2.06. The van der Waals surface area contributed by atoms with Crippen molar-refractivity contribution in [2.75, 3.05) is 5.32 Å². The molecule has 1 atom stereocenters. The Bertz CT molecular complexity index is 339. The maximum absolute atomic E-state index is 5.92. The van der Waals surface area contributed by atoms with Crippen molar-refractivity contribution < 1.29 is 0 Å². The molecule has 16 heavy (non-hydrogen) atoms. The summed E-state index contributed by atoms with van der Waals surface area (Å²) in [6, 6.07) is 6.48. The number of nitrogens with one attached hydrogen (secondary N) is 1. The number of rotatable bonds is 5. The third-order valence-corrected chi connectivity index (χ3v) is 3.64. The molecule has 1 rings (SSSR count). The van der Waals surface area contributed by atoms with Crippen LogP contribution in [-0.4, -0.2) is 6.04 Å². The Morgan fingerprint density at radius 2 is 1.94 bits per heavy atom. The Hall–Kier alpha value is 0.0400. The van der Waals surface area contributed by atoms with E-state index in [2.05, 4.69) is 54.7 Å². The third kappa shape index (κ3) is 4.91. The summed E-state index contributed by atoms with van der Waals surface area (Å²) in [6.45, 7) is 6.75. The predicted octanol–water partition coefficient (Wildman–Crippen LogP) is 5.18. The largest absolute Gasteiger partial charge is 0.382 e. The van der Waals surface area contributed by atoms with Crippen molar-refractivity contribution in [3.8, 4) is 0 Å². The minimum atomic E-state index is 0.511. The molecule has 3 heteroatoms. The molecule has 90 valence electrons. The van der Waals surface area contributed by atoms with Crippen LogP contribution in [0.3, 0.4) is 0 Å². The van der Waals surface area contributed by atoms with Gasteiger partial charge in [0.15, 0.2) is 0 Å². The second-order valence-electron chi connectivity index (χ2n) is 4.64. The van der Waals surface area contributed by atoms with Crippen molar-refractivity contribution >= 4 is 39.9 Å². The zero-order valence-corrected chi connectivity index (χ0v) is 13.0. The molecular formula is C13H19ClIN. The van der Waals surface area contributed by atoms with Crippen molar-refractivity contribution in [2.24, 2.45) is 5.92 Å². The molecule has 1 aromatic rings. The van der Waals surface area contributed by atoms with E-state index in [0.29, 0.717) is 6.04 Å². The van der Waals surface area contributed by atoms with Gasteiger partial charge >= 0.3 is 0 Å². The molecule has 0 saturated carbocycles. The average molecular weight is 352 g/mol. The zero-order valence-electron chi connectivity index (χ0n) is 10.1. The van der Waals surface area contributed by atoms with Gasteiger partial charge in [-0.15, -0.1) is 0 Å². The maximum Gasteiger partial charge on any atom is 0.0478 e. The normalized spacial score (nSPS) is 12.9. The van der Waals surface area contributed by atoms with Crippen molar-refractivity contribution in [1.82, 2.24) is 0 Å². The van der Waals surface area contributed by atoms with Crippen LogP contribution in [0.5, 0.6) is 0 Å². The number of hydrogen-bond acceptors (Lipinski definition) is 1. The van der Waals surface area contributed by atoms with Crippen LogP contribution in [-0.2, 0) is 0 Å². The Morgan fingerprint density at radius 1 is 1.25 bits per heavy atom. The van der Waals surface area contributed by atoms with Crippen LogP contribution in [0.25, 0.3) is 0 Å². The van der Waals surface area contributed by atoms with Crippen LogP contribution >= 0.6 is 34.2 Å². The summed E-state index contributed by atoms with van der Waals surface area (Å²) in [5.41, 5.74) is 1.18. The highest BCUT2D eigenvalue weighted by Crippen LogP contribution is 2.23. The van der Waals surface area contributed by atoms with Gasteiger partial charge in [-0.25, -0.2) is 0 Å². The molecule has 0 amide bonds. The smallest absolute Gasteiger partial charge is 0.0478 e. The molecule has 1 nitrogen and oxygen atoms in total. The van der Waals surface area contributed by atoms with Crippen molar-refractivity contribution in [2.45, 2.75) is 39.7 Å². The standard InChI is InChI=1S/C13H19ClIN/c1-9(2)4-5-10(3)16-13-7-6-11(14)8-12(13)15/h6-10,16H,4-5H2,1-3H3. The zero-order chi connectivity index (χ0) is 12.1. The van der Waals surface area contributed by atoms with Gasteiger partial charge in [0.05, 0.1) is 0 Å². The molecule has 1 aromatic carbocycles. The van der Waals surface area contributed by atoms with E-state index in [1.165, 1.54) is 22.1 Å². The van der Waals surface area contributed by atoms with E-state index in [-0.39, 0.29) is 0 Å². The molecule has 0 fully saturated rings. The van der Waals surface area contributed by atoms with Gasteiger partial charge in [-0.05, 0) is 66.5 Å². The van der Waals surface area contributed by atoms with Gasteiger partial charge in [0, 0.05) is 20.3 Å². The van der Waals surface area contributed by atoms with Crippen LogP contribution in [0.1, 0.15) is 33.6 Å².